The molecule has 85 heavy (non-hydrogen) atoms. The summed E-state index contributed by atoms with van der Waals surface area (Å²) < 4.78 is 5.96. The monoisotopic (exact) mass is 1140 g/mol. The molecule has 8 aromatic carbocycles. The van der Waals surface area contributed by atoms with Crippen molar-refractivity contribution in [1.29, 1.82) is 0 Å². The molecular formula is C82H112O3. The molecule has 2 N–H and O–H groups in total. The Balaban J connectivity index is 0.000000244. The molecule has 0 fully saturated rings. The lowest BCUT2D eigenvalue weighted by atomic mass is 9.92. The summed E-state index contributed by atoms with van der Waals surface area (Å²) in [6.07, 6.45) is 47.6. The molecule has 8 rings (SSSR count). The maximum Gasteiger partial charge on any atom is 0.127 e. The Morgan fingerprint density at radius 3 is 0.824 bits per heavy atom. The van der Waals surface area contributed by atoms with Gasteiger partial charge in [-0.25, -0.2) is 0 Å². The fourth-order valence-electron chi connectivity index (χ4n) is 13.0. The molecule has 0 atom stereocenters. The van der Waals surface area contributed by atoms with E-state index >= 15 is 0 Å². The van der Waals surface area contributed by atoms with Gasteiger partial charge in [-0.3, -0.25) is 0 Å². The van der Waals surface area contributed by atoms with E-state index in [9.17, 15) is 10.2 Å². The Kier molecular flexibility index (Phi) is 29.6. The Morgan fingerprint density at radius 1 is 0.259 bits per heavy atom. The molecule has 0 amide bonds. The number of unbranched alkanes of at least 4 members (excludes halogenated alkanes) is 28. The smallest absolute Gasteiger partial charge is 0.127 e. The van der Waals surface area contributed by atoms with E-state index in [-0.39, 0.29) is 11.5 Å². The number of hydrogen-bond donors (Lipinski definition) is 2. The Labute approximate surface area is 516 Å². The van der Waals surface area contributed by atoms with Crippen LogP contribution < -0.4 is 4.74 Å². The van der Waals surface area contributed by atoms with Gasteiger partial charge < -0.3 is 14.9 Å². The number of hydrogen-bond acceptors (Lipinski definition) is 3. The molecule has 0 spiro atoms. The van der Waals surface area contributed by atoms with Crippen molar-refractivity contribution in [2.24, 2.45) is 0 Å². The first-order valence-electron chi connectivity index (χ1n) is 34.9. The molecule has 0 saturated heterocycles. The van der Waals surface area contributed by atoms with E-state index in [1.54, 1.807) is 7.11 Å². The highest BCUT2D eigenvalue weighted by Crippen LogP contribution is 2.42. The average molecular weight is 1150 g/mol. The molecule has 0 saturated carbocycles. The van der Waals surface area contributed by atoms with Gasteiger partial charge in [0.25, 0.3) is 0 Å². The van der Waals surface area contributed by atoms with Gasteiger partial charge in [0, 0.05) is 16.7 Å². The normalized spacial score (nSPS) is 11.6. The van der Waals surface area contributed by atoms with E-state index < -0.39 is 0 Å². The standard InChI is InChI=1S/C42H58O.C40H54O2/c1-5-7-9-11-13-15-17-19-21-34-23-25-36-27-33(3)40(30-38(36)28-34)41-31-39-29-35(24-26-37(39)32-42(41)43-4)22-20-18-16-14-12-10-8-6-2;1-3-5-7-9-11-13-15-17-19-31-21-23-33-29-39(41)37(27-35(33)25-31)38-28-36-26-32(22-24-34(36)30-40(38)42)20-18-16-14-12-10-8-6-4-2/h23-32H,5-22H2,1-4H3;21-30,41-42H,3-20H2,1-2H3. The Hall–Kier alpha value is -5.80. The quantitative estimate of drug-likeness (QED) is 0.0378. The zero-order chi connectivity index (χ0) is 59.9. The van der Waals surface area contributed by atoms with Crippen LogP contribution >= 0.6 is 0 Å². The van der Waals surface area contributed by atoms with Crippen molar-refractivity contribution in [3.8, 4) is 39.5 Å². The van der Waals surface area contributed by atoms with Crippen LogP contribution in [0.5, 0.6) is 17.2 Å². The van der Waals surface area contributed by atoms with Crippen molar-refractivity contribution >= 4 is 43.1 Å². The van der Waals surface area contributed by atoms with Crippen LogP contribution in [0.25, 0.3) is 65.3 Å². The van der Waals surface area contributed by atoms with Crippen LogP contribution in [0, 0.1) is 6.92 Å². The van der Waals surface area contributed by atoms with Crippen LogP contribution in [0.4, 0.5) is 0 Å². The molecule has 0 aliphatic carbocycles. The van der Waals surface area contributed by atoms with Gasteiger partial charge in [0.1, 0.15) is 17.2 Å². The first-order valence-corrected chi connectivity index (χ1v) is 34.9. The first kappa shape index (κ1) is 66.7. The van der Waals surface area contributed by atoms with Crippen molar-refractivity contribution in [1.82, 2.24) is 0 Å². The largest absolute Gasteiger partial charge is 0.507 e. The molecule has 0 unspecified atom stereocenters. The highest BCUT2D eigenvalue weighted by Gasteiger charge is 2.16. The van der Waals surface area contributed by atoms with Crippen LogP contribution in [0.1, 0.15) is 261 Å². The van der Waals surface area contributed by atoms with Crippen LogP contribution in [0.3, 0.4) is 0 Å². The van der Waals surface area contributed by atoms with Gasteiger partial charge >= 0.3 is 0 Å². The third-order valence-corrected chi connectivity index (χ3v) is 18.4. The summed E-state index contributed by atoms with van der Waals surface area (Å²) >= 11 is 0. The minimum atomic E-state index is 0.211. The van der Waals surface area contributed by atoms with Gasteiger partial charge in [-0.15, -0.1) is 0 Å². The van der Waals surface area contributed by atoms with E-state index in [0.717, 1.165) is 40.1 Å². The highest BCUT2D eigenvalue weighted by molar-refractivity contribution is 5.97. The van der Waals surface area contributed by atoms with Crippen molar-refractivity contribution in [2.75, 3.05) is 7.11 Å². The third kappa shape index (κ3) is 21.8. The zero-order valence-electron chi connectivity index (χ0n) is 54.3. The van der Waals surface area contributed by atoms with Crippen molar-refractivity contribution in [3.05, 3.63) is 149 Å². The Bertz CT molecular complexity index is 3110. The second-order valence-electron chi connectivity index (χ2n) is 25.6. The predicted octanol–water partition coefficient (Wildman–Crippen LogP) is 25.8. The minimum Gasteiger partial charge on any atom is -0.507 e. The average Bonchev–Trinajstić information content (AvgIpc) is 2.35. The fourth-order valence-corrected chi connectivity index (χ4v) is 13.0. The molecule has 0 aliphatic rings. The number of ether oxygens (including phenoxy) is 1. The summed E-state index contributed by atoms with van der Waals surface area (Å²) in [5, 5.41) is 31.5. The maximum absolute atomic E-state index is 11.0. The minimum absolute atomic E-state index is 0.211. The van der Waals surface area contributed by atoms with Gasteiger partial charge in [-0.2, -0.15) is 0 Å². The number of phenolic OH excluding ortho intramolecular Hbond substituents is 2. The highest BCUT2D eigenvalue weighted by atomic mass is 16.5. The molecule has 0 bridgehead atoms. The summed E-state index contributed by atoms with van der Waals surface area (Å²) in [6, 6.07) is 44.4. The number of methoxy groups -OCH3 is 1. The van der Waals surface area contributed by atoms with E-state index in [4.69, 9.17) is 4.74 Å². The summed E-state index contributed by atoms with van der Waals surface area (Å²) in [5.74, 6) is 1.38. The molecule has 0 aromatic heterocycles. The molecule has 458 valence electrons. The topological polar surface area (TPSA) is 49.7 Å². The lowest BCUT2D eigenvalue weighted by molar-refractivity contribution is 0.417. The lowest BCUT2D eigenvalue weighted by Crippen LogP contribution is -1.93. The van der Waals surface area contributed by atoms with Crippen LogP contribution in [-0.4, -0.2) is 17.3 Å². The summed E-state index contributed by atoms with van der Waals surface area (Å²) in [5.41, 5.74) is 10.8. The molecule has 3 nitrogen and oxygen atoms in total. The summed E-state index contributed by atoms with van der Waals surface area (Å²) in [4.78, 5) is 0. The summed E-state index contributed by atoms with van der Waals surface area (Å²) in [6.45, 7) is 11.4. The van der Waals surface area contributed by atoms with Gasteiger partial charge in [-0.05, 0) is 177 Å². The van der Waals surface area contributed by atoms with Crippen LogP contribution in [0.15, 0.2) is 121 Å². The number of rotatable bonds is 39. The van der Waals surface area contributed by atoms with E-state index in [2.05, 4.69) is 132 Å². The number of benzene rings is 8. The first-order chi connectivity index (χ1) is 41.7. The van der Waals surface area contributed by atoms with Crippen LogP contribution in [0.2, 0.25) is 0 Å². The maximum atomic E-state index is 11.0. The Morgan fingerprint density at radius 2 is 0.518 bits per heavy atom. The molecule has 3 heteroatoms. The van der Waals surface area contributed by atoms with Gasteiger partial charge in [-0.1, -0.05) is 286 Å². The molecular weight excluding hydrogens is 1030 g/mol. The number of phenols is 2. The third-order valence-electron chi connectivity index (χ3n) is 18.4. The molecule has 8 aromatic rings. The van der Waals surface area contributed by atoms with Crippen LogP contribution in [-0.2, 0) is 25.7 Å². The van der Waals surface area contributed by atoms with Gasteiger partial charge in [0.05, 0.1) is 7.11 Å². The summed E-state index contributed by atoms with van der Waals surface area (Å²) in [7, 11) is 1.81. The van der Waals surface area contributed by atoms with E-state index in [1.165, 1.54) is 279 Å². The molecule has 0 aliphatic heterocycles. The number of fused-ring (bicyclic) bond motifs is 4. The number of aromatic hydroxyl groups is 2. The van der Waals surface area contributed by atoms with Gasteiger partial charge in [0.15, 0.2) is 0 Å². The fraction of sp³-hybridized carbons (Fsp3) is 0.512. The second-order valence-corrected chi connectivity index (χ2v) is 25.6. The second kappa shape index (κ2) is 37.7. The van der Waals surface area contributed by atoms with E-state index in [1.807, 2.05) is 24.3 Å². The lowest BCUT2D eigenvalue weighted by Gasteiger charge is -2.15. The predicted molar refractivity (Wildman–Crippen MR) is 374 cm³/mol. The number of aryl methyl sites for hydroxylation is 5. The van der Waals surface area contributed by atoms with Crippen molar-refractivity contribution in [3.63, 3.8) is 0 Å². The molecule has 0 heterocycles. The SMILES string of the molecule is CCCCCCCCCCc1ccc2cc(C)c(-c3cc4cc(CCCCCCCCCC)ccc4cc3OC)cc2c1.CCCCCCCCCCc1ccc2cc(O)c(-c3cc4cc(CCCCCCCCCC)ccc4cc3O)cc2c1. The van der Waals surface area contributed by atoms with E-state index in [0.29, 0.717) is 11.1 Å². The van der Waals surface area contributed by atoms with Gasteiger partial charge in [0.2, 0.25) is 0 Å². The zero-order valence-corrected chi connectivity index (χ0v) is 54.3. The molecule has 0 radical (unpaired) electrons. The van der Waals surface area contributed by atoms with Crippen molar-refractivity contribution in [2.45, 2.75) is 266 Å². The van der Waals surface area contributed by atoms with Crippen molar-refractivity contribution < 1.29 is 14.9 Å².